The molecule has 214 valence electrons. The molecule has 3 aromatic rings. The zero-order valence-electron chi connectivity index (χ0n) is 21.5. The highest BCUT2D eigenvalue weighted by Crippen LogP contribution is 2.21. The van der Waals surface area contributed by atoms with E-state index in [-0.39, 0.29) is 37.3 Å². The maximum absolute atomic E-state index is 12.7. The third-order valence-corrected chi connectivity index (χ3v) is 5.21. The molecule has 0 bridgehead atoms. The summed E-state index contributed by atoms with van der Waals surface area (Å²) in [5.41, 5.74) is 0.927. The summed E-state index contributed by atoms with van der Waals surface area (Å²) < 4.78 is 42.7. The van der Waals surface area contributed by atoms with Crippen molar-refractivity contribution >= 4 is 29.6 Å². The standard InChI is InChI=1S/C25H28F3N7O5/c1-24(2,13-31-23(38)39)12-30-19(37)16-5-7-17(8-6-16)32-21-33-20(29-11-15-3-9-18(36)10-4-15)34-22(35-21)40-14-25(26,27)28/h3-10,31,36H,11-14H2,1-2H3,(H,30,37)(H,38,39)(H2,29,32,33,34,35)/p-1. The maximum Gasteiger partial charge on any atom is 0.422 e. The molecular weight excluding hydrogens is 535 g/mol. The molecule has 40 heavy (non-hydrogen) atoms. The molecule has 0 unspecified atom stereocenters. The van der Waals surface area contributed by atoms with Gasteiger partial charge in [-0.3, -0.25) is 4.79 Å². The van der Waals surface area contributed by atoms with Gasteiger partial charge in [-0.05, 0) is 47.4 Å². The van der Waals surface area contributed by atoms with Crippen molar-refractivity contribution in [3.8, 4) is 11.8 Å². The number of hydrogen-bond acceptors (Lipinski definition) is 10. The summed E-state index contributed by atoms with van der Waals surface area (Å²) in [7, 11) is 0. The van der Waals surface area contributed by atoms with Gasteiger partial charge in [0, 0.05) is 30.9 Å². The first kappa shape index (κ1) is 29.7. The van der Waals surface area contributed by atoms with E-state index in [1.54, 1.807) is 38.1 Å². The topological polar surface area (TPSA) is 173 Å². The number of carbonyl (C=O) groups excluding carboxylic acids is 2. The van der Waals surface area contributed by atoms with Crippen LogP contribution in [-0.2, 0) is 6.54 Å². The first-order chi connectivity index (χ1) is 18.8. The van der Waals surface area contributed by atoms with E-state index in [4.69, 9.17) is 4.74 Å². The fourth-order valence-electron chi connectivity index (χ4n) is 3.13. The molecular formula is C25H27F3N7O5-. The van der Waals surface area contributed by atoms with Crippen molar-refractivity contribution in [2.75, 3.05) is 30.3 Å². The number of nitrogens with one attached hydrogen (secondary N) is 4. The minimum Gasteiger partial charge on any atom is -0.530 e. The molecule has 5 N–H and O–H groups in total. The molecule has 2 aromatic carbocycles. The summed E-state index contributed by atoms with van der Waals surface area (Å²) in [6.07, 6.45) is -6.00. The van der Waals surface area contributed by atoms with E-state index in [1.807, 2.05) is 0 Å². The minimum atomic E-state index is -4.60. The zero-order valence-corrected chi connectivity index (χ0v) is 21.5. The van der Waals surface area contributed by atoms with Crippen molar-refractivity contribution in [2.24, 2.45) is 5.41 Å². The van der Waals surface area contributed by atoms with Crippen LogP contribution in [0.5, 0.6) is 11.8 Å². The second kappa shape index (κ2) is 12.8. The summed E-state index contributed by atoms with van der Waals surface area (Å²) in [5, 5.41) is 30.6. The molecule has 0 radical (unpaired) electrons. The average molecular weight is 563 g/mol. The Morgan fingerprint density at radius 2 is 1.55 bits per heavy atom. The smallest absolute Gasteiger partial charge is 0.422 e. The first-order valence-corrected chi connectivity index (χ1v) is 11.9. The summed E-state index contributed by atoms with van der Waals surface area (Å²) in [6, 6.07) is 11.8. The largest absolute Gasteiger partial charge is 0.530 e. The van der Waals surface area contributed by atoms with E-state index < -0.39 is 36.2 Å². The predicted molar refractivity (Wildman–Crippen MR) is 136 cm³/mol. The van der Waals surface area contributed by atoms with Crippen LogP contribution < -0.4 is 31.1 Å². The van der Waals surface area contributed by atoms with Crippen LogP contribution in [0, 0.1) is 5.41 Å². The second-order valence-electron chi connectivity index (χ2n) is 9.38. The fourth-order valence-corrected chi connectivity index (χ4v) is 3.13. The van der Waals surface area contributed by atoms with E-state index in [1.165, 1.54) is 24.3 Å². The molecule has 0 aliphatic rings. The lowest BCUT2D eigenvalue weighted by molar-refractivity contribution is -0.251. The Morgan fingerprint density at radius 3 is 2.17 bits per heavy atom. The van der Waals surface area contributed by atoms with E-state index >= 15 is 0 Å². The van der Waals surface area contributed by atoms with Gasteiger partial charge in [-0.15, -0.1) is 0 Å². The number of anilines is 3. The average Bonchev–Trinajstić information content (AvgIpc) is 2.89. The number of aromatic hydroxyl groups is 1. The van der Waals surface area contributed by atoms with E-state index in [9.17, 15) is 33.0 Å². The van der Waals surface area contributed by atoms with Gasteiger partial charge in [0.15, 0.2) is 6.61 Å². The SMILES string of the molecule is CC(C)(CNC(=O)[O-])CNC(=O)c1ccc(Nc2nc(NCc3ccc(O)cc3)nc(OCC(F)(F)F)n2)cc1. The van der Waals surface area contributed by atoms with E-state index in [0.717, 1.165) is 5.56 Å². The van der Waals surface area contributed by atoms with Crippen molar-refractivity contribution in [1.29, 1.82) is 0 Å². The van der Waals surface area contributed by atoms with Crippen LogP contribution in [0.4, 0.5) is 35.5 Å². The van der Waals surface area contributed by atoms with Crippen LogP contribution in [0.3, 0.4) is 0 Å². The van der Waals surface area contributed by atoms with Crippen LogP contribution in [0.2, 0.25) is 0 Å². The Kier molecular flexibility index (Phi) is 9.53. The Balaban J connectivity index is 1.68. The summed E-state index contributed by atoms with van der Waals surface area (Å²) in [4.78, 5) is 35.0. The van der Waals surface area contributed by atoms with Gasteiger partial charge in [0.25, 0.3) is 5.91 Å². The number of hydrogen-bond donors (Lipinski definition) is 5. The molecule has 2 amide bonds. The molecule has 12 nitrogen and oxygen atoms in total. The van der Waals surface area contributed by atoms with Gasteiger partial charge in [-0.2, -0.15) is 28.1 Å². The second-order valence-corrected chi connectivity index (χ2v) is 9.38. The van der Waals surface area contributed by atoms with Crippen LogP contribution in [0.25, 0.3) is 0 Å². The molecule has 0 aliphatic carbocycles. The van der Waals surface area contributed by atoms with Crippen molar-refractivity contribution in [3.05, 3.63) is 59.7 Å². The monoisotopic (exact) mass is 562 g/mol. The lowest BCUT2D eigenvalue weighted by atomic mass is 9.93. The predicted octanol–water partition coefficient (Wildman–Crippen LogP) is 2.56. The number of halogens is 3. The lowest BCUT2D eigenvalue weighted by Gasteiger charge is -2.26. The molecule has 0 saturated carbocycles. The van der Waals surface area contributed by atoms with E-state index in [2.05, 4.69) is 36.2 Å². The summed E-state index contributed by atoms with van der Waals surface area (Å²) in [6.45, 7) is 2.42. The Bertz CT molecular complexity index is 1300. The van der Waals surface area contributed by atoms with Gasteiger partial charge >= 0.3 is 12.2 Å². The van der Waals surface area contributed by atoms with Gasteiger partial charge in [-0.25, -0.2) is 0 Å². The summed E-state index contributed by atoms with van der Waals surface area (Å²) in [5.74, 6) is -0.484. The van der Waals surface area contributed by atoms with Crippen LogP contribution in [-0.4, -0.2) is 57.9 Å². The van der Waals surface area contributed by atoms with Gasteiger partial charge in [0.2, 0.25) is 11.9 Å². The number of aromatic nitrogens is 3. The van der Waals surface area contributed by atoms with E-state index in [0.29, 0.717) is 11.3 Å². The first-order valence-electron chi connectivity index (χ1n) is 11.9. The molecule has 0 atom stereocenters. The molecule has 1 aromatic heterocycles. The highest BCUT2D eigenvalue weighted by molar-refractivity contribution is 5.94. The maximum atomic E-state index is 12.7. The molecule has 3 rings (SSSR count). The number of nitrogens with zero attached hydrogens (tertiary/aromatic N) is 3. The van der Waals surface area contributed by atoms with Crippen LogP contribution in [0.15, 0.2) is 48.5 Å². The van der Waals surface area contributed by atoms with Crippen molar-refractivity contribution in [1.82, 2.24) is 25.6 Å². The molecule has 1 heterocycles. The molecule has 0 fully saturated rings. The van der Waals surface area contributed by atoms with Gasteiger partial charge < -0.3 is 41.0 Å². The van der Waals surface area contributed by atoms with Crippen LogP contribution in [0.1, 0.15) is 29.8 Å². The molecule has 0 saturated heterocycles. The van der Waals surface area contributed by atoms with Crippen molar-refractivity contribution in [3.63, 3.8) is 0 Å². The molecule has 0 aliphatic heterocycles. The number of phenols is 1. The van der Waals surface area contributed by atoms with Crippen molar-refractivity contribution in [2.45, 2.75) is 26.6 Å². The Morgan fingerprint density at radius 1 is 0.925 bits per heavy atom. The van der Waals surface area contributed by atoms with Crippen LogP contribution >= 0.6 is 0 Å². The molecule has 0 spiro atoms. The van der Waals surface area contributed by atoms with Gasteiger partial charge in [-0.1, -0.05) is 26.0 Å². The summed E-state index contributed by atoms with van der Waals surface area (Å²) >= 11 is 0. The number of carbonyl (C=O) groups is 2. The lowest BCUT2D eigenvalue weighted by Crippen LogP contribution is -2.45. The Labute approximate surface area is 227 Å². The highest BCUT2D eigenvalue weighted by Gasteiger charge is 2.29. The third-order valence-electron chi connectivity index (χ3n) is 5.21. The number of alkyl halides is 3. The number of rotatable bonds is 12. The van der Waals surface area contributed by atoms with Crippen molar-refractivity contribution < 1.29 is 37.7 Å². The normalized spacial score (nSPS) is 11.4. The number of benzene rings is 2. The Hall–Kier alpha value is -4.82. The number of ether oxygens (including phenoxy) is 1. The number of phenolic OH excluding ortho intramolecular Hbond substituents is 1. The van der Waals surface area contributed by atoms with Gasteiger partial charge in [0.1, 0.15) is 11.8 Å². The zero-order chi connectivity index (χ0) is 29.3. The minimum absolute atomic E-state index is 0.0606. The third kappa shape index (κ3) is 10.2. The van der Waals surface area contributed by atoms with Gasteiger partial charge in [0.05, 0.1) is 0 Å². The highest BCUT2D eigenvalue weighted by atomic mass is 19.4. The fraction of sp³-hybridized carbons (Fsp3) is 0.320. The number of carboxylic acid groups (broad SMARTS) is 1. The number of amides is 2. The molecule has 15 heteroatoms. The quantitative estimate of drug-likeness (QED) is 0.221.